The van der Waals surface area contributed by atoms with Crippen molar-refractivity contribution in [1.29, 1.82) is 0 Å². The predicted molar refractivity (Wildman–Crippen MR) is 83.0 cm³/mol. The van der Waals surface area contributed by atoms with E-state index >= 15 is 0 Å². The number of aromatic nitrogens is 4. The van der Waals surface area contributed by atoms with Crippen LogP contribution in [0.15, 0.2) is 54.9 Å². The Morgan fingerprint density at radius 2 is 1.95 bits per heavy atom. The van der Waals surface area contributed by atoms with Gasteiger partial charge in [0.2, 0.25) is 5.91 Å². The Morgan fingerprint density at radius 3 is 2.59 bits per heavy atom. The lowest BCUT2D eigenvalue weighted by Gasteiger charge is -2.05. The fourth-order valence-electron chi connectivity index (χ4n) is 2.07. The van der Waals surface area contributed by atoms with Crippen LogP contribution in [-0.4, -0.2) is 25.9 Å². The number of amides is 1. The topological polar surface area (TPSA) is 72.7 Å². The third kappa shape index (κ3) is 3.35. The molecule has 0 unspecified atom stereocenters. The second kappa shape index (κ2) is 6.17. The first kappa shape index (κ1) is 13.9. The Balaban J connectivity index is 1.65. The summed E-state index contributed by atoms with van der Waals surface area (Å²) < 4.78 is 0. The number of nitrogens with one attached hydrogen (secondary N) is 1. The van der Waals surface area contributed by atoms with E-state index in [0.717, 1.165) is 16.8 Å². The van der Waals surface area contributed by atoms with Crippen LogP contribution in [0, 0.1) is 0 Å². The maximum Gasteiger partial charge on any atom is 0.229 e. The highest BCUT2D eigenvalue weighted by molar-refractivity contribution is 5.91. The lowest BCUT2D eigenvalue weighted by Crippen LogP contribution is -2.15. The highest BCUT2D eigenvalue weighted by Gasteiger charge is 2.06. The summed E-state index contributed by atoms with van der Waals surface area (Å²) in [4.78, 5) is 17.7. The summed E-state index contributed by atoms with van der Waals surface area (Å²) in [6.45, 7) is 0. The van der Waals surface area contributed by atoms with Crippen molar-refractivity contribution in [3.63, 3.8) is 0 Å². The maximum atomic E-state index is 12.0. The monoisotopic (exact) mass is 293 g/mol. The highest BCUT2D eigenvalue weighted by atomic mass is 16.1. The van der Waals surface area contributed by atoms with E-state index < -0.39 is 0 Å². The molecule has 6 heteroatoms. The molecule has 1 N–H and O–H groups in total. The molecule has 0 atom stereocenters. The van der Waals surface area contributed by atoms with Crippen LogP contribution in [0.25, 0.3) is 11.3 Å². The molecule has 3 aromatic rings. The molecule has 0 aliphatic rings. The van der Waals surface area contributed by atoms with E-state index in [0.29, 0.717) is 12.2 Å². The zero-order chi connectivity index (χ0) is 15.4. The van der Waals surface area contributed by atoms with Crippen molar-refractivity contribution in [2.75, 3.05) is 5.32 Å². The summed E-state index contributed by atoms with van der Waals surface area (Å²) >= 11 is 0. The van der Waals surface area contributed by atoms with Crippen LogP contribution < -0.4 is 5.32 Å². The van der Waals surface area contributed by atoms with Crippen LogP contribution in [0.3, 0.4) is 0 Å². The Morgan fingerprint density at radius 1 is 1.14 bits per heavy atom. The summed E-state index contributed by atoms with van der Waals surface area (Å²) in [7, 11) is 1.76. The average Bonchev–Trinajstić information content (AvgIpc) is 2.95. The normalized spacial score (nSPS) is 10.4. The van der Waals surface area contributed by atoms with E-state index in [1.807, 2.05) is 36.4 Å². The number of carbonyl (C=O) groups is 1. The standard InChI is InChI=1S/C16H15N5O/c1-21-18-11-14(20-21)13-7-8-15(17-10-13)19-16(22)9-12-5-3-2-4-6-12/h2-8,10-11H,9H2,1H3,(H,17,19,22). The molecule has 0 radical (unpaired) electrons. The van der Waals surface area contributed by atoms with Gasteiger partial charge in [-0.3, -0.25) is 4.79 Å². The molecule has 0 bridgehead atoms. The molecule has 0 saturated heterocycles. The van der Waals surface area contributed by atoms with E-state index in [-0.39, 0.29) is 5.91 Å². The zero-order valence-electron chi connectivity index (χ0n) is 12.1. The van der Waals surface area contributed by atoms with Gasteiger partial charge in [-0.05, 0) is 17.7 Å². The number of rotatable bonds is 4. The van der Waals surface area contributed by atoms with Crippen LogP contribution in [-0.2, 0) is 18.3 Å². The van der Waals surface area contributed by atoms with E-state index in [1.165, 1.54) is 4.80 Å². The molecule has 6 nitrogen and oxygen atoms in total. The molecule has 0 aliphatic heterocycles. The number of aryl methyl sites for hydroxylation is 1. The van der Waals surface area contributed by atoms with Gasteiger partial charge in [0.25, 0.3) is 0 Å². The van der Waals surface area contributed by atoms with Crippen LogP contribution >= 0.6 is 0 Å². The molecule has 0 saturated carbocycles. The zero-order valence-corrected chi connectivity index (χ0v) is 12.1. The molecule has 22 heavy (non-hydrogen) atoms. The fourth-order valence-corrected chi connectivity index (χ4v) is 2.07. The Kier molecular flexibility index (Phi) is 3.91. The smallest absolute Gasteiger partial charge is 0.229 e. The molecule has 2 aromatic heterocycles. The second-order valence-electron chi connectivity index (χ2n) is 4.86. The number of nitrogens with zero attached hydrogens (tertiary/aromatic N) is 4. The van der Waals surface area contributed by atoms with Crippen LogP contribution in [0.5, 0.6) is 0 Å². The Hall–Kier alpha value is -3.02. The summed E-state index contributed by atoms with van der Waals surface area (Å²) in [5.74, 6) is 0.430. The highest BCUT2D eigenvalue weighted by Crippen LogP contribution is 2.16. The molecule has 1 aromatic carbocycles. The second-order valence-corrected chi connectivity index (χ2v) is 4.86. The third-order valence-corrected chi connectivity index (χ3v) is 3.13. The number of hydrogen-bond acceptors (Lipinski definition) is 4. The maximum absolute atomic E-state index is 12.0. The van der Waals surface area contributed by atoms with E-state index in [2.05, 4.69) is 20.5 Å². The van der Waals surface area contributed by atoms with Crippen molar-refractivity contribution < 1.29 is 4.79 Å². The van der Waals surface area contributed by atoms with Gasteiger partial charge in [-0.15, -0.1) is 0 Å². The van der Waals surface area contributed by atoms with Gasteiger partial charge in [0, 0.05) is 18.8 Å². The van der Waals surface area contributed by atoms with Gasteiger partial charge in [0.1, 0.15) is 11.5 Å². The lowest BCUT2D eigenvalue weighted by molar-refractivity contribution is -0.115. The number of anilines is 1. The first-order chi connectivity index (χ1) is 10.7. The lowest BCUT2D eigenvalue weighted by atomic mass is 10.1. The first-order valence-electron chi connectivity index (χ1n) is 6.87. The molecule has 0 aliphatic carbocycles. The van der Waals surface area contributed by atoms with Gasteiger partial charge >= 0.3 is 0 Å². The van der Waals surface area contributed by atoms with E-state index in [1.54, 1.807) is 25.5 Å². The van der Waals surface area contributed by atoms with Crippen LogP contribution in [0.4, 0.5) is 5.82 Å². The van der Waals surface area contributed by atoms with Crippen molar-refractivity contribution in [3.05, 3.63) is 60.4 Å². The fraction of sp³-hybridized carbons (Fsp3) is 0.125. The Bertz CT molecular complexity index is 765. The summed E-state index contributed by atoms with van der Waals surface area (Å²) in [5, 5.41) is 11.0. The first-order valence-corrected chi connectivity index (χ1v) is 6.87. The van der Waals surface area contributed by atoms with Crippen molar-refractivity contribution in [1.82, 2.24) is 20.0 Å². The molecular weight excluding hydrogens is 278 g/mol. The van der Waals surface area contributed by atoms with Crippen molar-refractivity contribution in [3.8, 4) is 11.3 Å². The van der Waals surface area contributed by atoms with E-state index in [9.17, 15) is 4.79 Å². The molecule has 0 fully saturated rings. The molecule has 3 rings (SSSR count). The van der Waals surface area contributed by atoms with Crippen molar-refractivity contribution in [2.24, 2.45) is 7.05 Å². The quantitative estimate of drug-likeness (QED) is 0.799. The molecule has 110 valence electrons. The number of hydrogen-bond donors (Lipinski definition) is 1. The Labute approximate surface area is 127 Å². The number of pyridine rings is 1. The molecule has 1 amide bonds. The van der Waals surface area contributed by atoms with Crippen LogP contribution in [0.2, 0.25) is 0 Å². The largest absolute Gasteiger partial charge is 0.310 e. The minimum Gasteiger partial charge on any atom is -0.310 e. The average molecular weight is 293 g/mol. The number of benzene rings is 1. The third-order valence-electron chi connectivity index (χ3n) is 3.13. The summed E-state index contributed by atoms with van der Waals surface area (Å²) in [5.41, 5.74) is 2.57. The van der Waals surface area contributed by atoms with Gasteiger partial charge < -0.3 is 5.32 Å². The van der Waals surface area contributed by atoms with Crippen molar-refractivity contribution >= 4 is 11.7 Å². The summed E-state index contributed by atoms with van der Waals surface area (Å²) in [6, 6.07) is 13.2. The van der Waals surface area contributed by atoms with Gasteiger partial charge in [-0.25, -0.2) is 4.98 Å². The SMILES string of the molecule is Cn1ncc(-c2ccc(NC(=O)Cc3ccccc3)nc2)n1. The van der Waals surface area contributed by atoms with Crippen molar-refractivity contribution in [2.45, 2.75) is 6.42 Å². The van der Waals surface area contributed by atoms with Gasteiger partial charge in [0.15, 0.2) is 0 Å². The number of carbonyl (C=O) groups excluding carboxylic acids is 1. The predicted octanol–water partition coefficient (Wildman–Crippen LogP) is 2.06. The van der Waals surface area contributed by atoms with Crippen LogP contribution in [0.1, 0.15) is 5.56 Å². The summed E-state index contributed by atoms with van der Waals surface area (Å²) in [6.07, 6.45) is 3.67. The molecule has 0 spiro atoms. The molecule has 2 heterocycles. The van der Waals surface area contributed by atoms with Gasteiger partial charge in [-0.2, -0.15) is 15.0 Å². The minimum atomic E-state index is -0.0917. The minimum absolute atomic E-state index is 0.0917. The van der Waals surface area contributed by atoms with E-state index in [4.69, 9.17) is 0 Å². The molecular formula is C16H15N5O. The van der Waals surface area contributed by atoms with Gasteiger partial charge in [-0.1, -0.05) is 30.3 Å². The van der Waals surface area contributed by atoms with Gasteiger partial charge in [0.05, 0.1) is 12.6 Å².